The minimum Gasteiger partial charge on any atom is -0.480 e. The van der Waals surface area contributed by atoms with E-state index in [0.29, 0.717) is 11.4 Å². The number of hydrogen-bond donors (Lipinski definition) is 4. The molecule has 122 valence electrons. The van der Waals surface area contributed by atoms with Gasteiger partial charge in [-0.2, -0.15) is 8.42 Å². The Balaban J connectivity index is 2.15. The average Bonchev–Trinajstić information content (AvgIpc) is 2.91. The number of azo groups is 1. The van der Waals surface area contributed by atoms with Crippen molar-refractivity contribution < 1.29 is 22.9 Å². The van der Waals surface area contributed by atoms with Gasteiger partial charge in [-0.05, 0) is 24.3 Å². The number of carbonyl (C=O) groups is 1. The molecule has 1 aromatic heterocycles. The van der Waals surface area contributed by atoms with Gasteiger partial charge in [0.05, 0.1) is 22.6 Å². The molecule has 1 aromatic carbocycles. The highest BCUT2D eigenvalue weighted by molar-refractivity contribution is 7.85. The first-order chi connectivity index (χ1) is 10.8. The fraction of sp³-hybridized carbons (Fsp3) is 0.167. The lowest BCUT2D eigenvalue weighted by Crippen LogP contribution is -2.32. The number of H-pyrrole nitrogens is 1. The van der Waals surface area contributed by atoms with E-state index in [4.69, 9.17) is 15.4 Å². The lowest BCUT2D eigenvalue weighted by molar-refractivity contribution is -0.138. The quantitative estimate of drug-likeness (QED) is 0.449. The zero-order chi connectivity index (χ0) is 17.0. The first-order valence-electron chi connectivity index (χ1n) is 6.27. The summed E-state index contributed by atoms with van der Waals surface area (Å²) in [6.45, 7) is 0. The molecule has 1 atom stereocenters. The van der Waals surface area contributed by atoms with Crippen LogP contribution in [-0.4, -0.2) is 40.1 Å². The molecule has 0 bridgehead atoms. The van der Waals surface area contributed by atoms with Gasteiger partial charge in [0.25, 0.3) is 10.1 Å². The minimum absolute atomic E-state index is 0.00534. The molecule has 0 aliphatic heterocycles. The Morgan fingerprint density at radius 1 is 1.30 bits per heavy atom. The molecule has 0 aliphatic carbocycles. The number of imidazole rings is 1. The molecule has 0 unspecified atom stereocenters. The van der Waals surface area contributed by atoms with Gasteiger partial charge >= 0.3 is 5.97 Å². The van der Waals surface area contributed by atoms with Crippen LogP contribution in [0, 0.1) is 0 Å². The molecule has 1 heterocycles. The highest BCUT2D eigenvalue weighted by atomic mass is 32.2. The third kappa shape index (κ3) is 4.42. The maximum absolute atomic E-state index is 10.9. The number of carboxylic acid groups (broad SMARTS) is 1. The number of nitrogens with two attached hydrogens (primary N) is 1. The maximum atomic E-state index is 10.9. The van der Waals surface area contributed by atoms with Crippen LogP contribution in [0.5, 0.6) is 0 Å². The topological polar surface area (TPSA) is 171 Å². The van der Waals surface area contributed by atoms with E-state index in [9.17, 15) is 13.2 Å². The van der Waals surface area contributed by atoms with Crippen molar-refractivity contribution in [2.75, 3.05) is 0 Å². The number of nitrogens with zero attached hydrogens (tertiary/aromatic N) is 3. The fourth-order valence-electron chi connectivity index (χ4n) is 1.65. The molecule has 11 heteroatoms. The molecule has 2 rings (SSSR count). The van der Waals surface area contributed by atoms with E-state index in [1.807, 2.05) is 0 Å². The van der Waals surface area contributed by atoms with E-state index in [1.54, 1.807) is 0 Å². The van der Waals surface area contributed by atoms with E-state index in [2.05, 4.69) is 20.2 Å². The van der Waals surface area contributed by atoms with E-state index in [1.165, 1.54) is 30.6 Å². The normalized spacial score (nSPS) is 13.3. The number of rotatable bonds is 6. The molecule has 5 N–H and O–H groups in total. The first-order valence-corrected chi connectivity index (χ1v) is 7.71. The van der Waals surface area contributed by atoms with E-state index >= 15 is 0 Å². The molecule has 0 fully saturated rings. The summed E-state index contributed by atoms with van der Waals surface area (Å²) in [6.07, 6.45) is 1.34. The van der Waals surface area contributed by atoms with Gasteiger partial charge in [-0.15, -0.1) is 10.2 Å². The van der Waals surface area contributed by atoms with Crippen LogP contribution in [0.1, 0.15) is 5.69 Å². The lowest BCUT2D eigenvalue weighted by Gasteiger charge is -2.03. The molecule has 2 aromatic rings. The van der Waals surface area contributed by atoms with E-state index in [0.717, 1.165) is 0 Å². The first kappa shape index (κ1) is 16.7. The van der Waals surface area contributed by atoms with Gasteiger partial charge < -0.3 is 15.8 Å². The van der Waals surface area contributed by atoms with Gasteiger partial charge in [0.1, 0.15) is 6.04 Å². The Hall–Kier alpha value is -2.63. The molecule has 10 nitrogen and oxygen atoms in total. The smallest absolute Gasteiger partial charge is 0.320 e. The zero-order valence-electron chi connectivity index (χ0n) is 11.6. The summed E-state index contributed by atoms with van der Waals surface area (Å²) < 4.78 is 30.7. The van der Waals surface area contributed by atoms with Crippen molar-refractivity contribution in [3.63, 3.8) is 0 Å². The maximum Gasteiger partial charge on any atom is 0.320 e. The Bertz CT molecular complexity index is 828. The standard InChI is InChI=1S/C12H13N5O5S/c13-9(12(18)19)5-10-11(15-6-14-10)17-16-7-1-3-8(4-2-7)23(20,21)22/h1-4,6,9H,5,13H2,(H,14,15)(H,18,19)(H,20,21,22)/t9-/m0/s1. The highest BCUT2D eigenvalue weighted by Crippen LogP contribution is 2.21. The van der Waals surface area contributed by atoms with Gasteiger partial charge in [-0.3, -0.25) is 9.35 Å². The van der Waals surface area contributed by atoms with Crippen LogP contribution in [0.2, 0.25) is 0 Å². The van der Waals surface area contributed by atoms with Crippen molar-refractivity contribution in [1.29, 1.82) is 0 Å². The summed E-state index contributed by atoms with van der Waals surface area (Å²) in [5.41, 5.74) is 6.18. The monoisotopic (exact) mass is 339 g/mol. The summed E-state index contributed by atoms with van der Waals surface area (Å²) in [4.78, 5) is 17.1. The average molecular weight is 339 g/mol. The second-order valence-electron chi connectivity index (χ2n) is 4.52. The lowest BCUT2D eigenvalue weighted by atomic mass is 10.2. The SMILES string of the molecule is N[C@@H](Cc1[nH]cnc1N=Nc1ccc(S(=O)(=O)O)cc1)C(=O)O. The second-order valence-corrected chi connectivity index (χ2v) is 5.94. The van der Waals surface area contributed by atoms with Crippen LogP contribution in [-0.2, 0) is 21.3 Å². The third-order valence-corrected chi connectivity index (χ3v) is 3.70. The molecule has 0 saturated carbocycles. The number of aromatic amines is 1. The zero-order valence-corrected chi connectivity index (χ0v) is 12.4. The summed E-state index contributed by atoms with van der Waals surface area (Å²) in [7, 11) is -4.27. The summed E-state index contributed by atoms with van der Waals surface area (Å²) in [5.74, 6) is -0.969. The Kier molecular flexibility index (Phi) is 4.83. The van der Waals surface area contributed by atoms with Crippen LogP contribution in [0.25, 0.3) is 0 Å². The Morgan fingerprint density at radius 3 is 2.52 bits per heavy atom. The highest BCUT2D eigenvalue weighted by Gasteiger charge is 2.16. The minimum atomic E-state index is -4.27. The summed E-state index contributed by atoms with van der Waals surface area (Å²) in [6, 6.07) is 3.95. The van der Waals surface area contributed by atoms with Crippen molar-refractivity contribution in [3.05, 3.63) is 36.3 Å². The summed E-state index contributed by atoms with van der Waals surface area (Å²) in [5, 5.41) is 16.5. The van der Waals surface area contributed by atoms with Gasteiger partial charge in [-0.25, -0.2) is 4.98 Å². The van der Waals surface area contributed by atoms with E-state index < -0.39 is 22.1 Å². The van der Waals surface area contributed by atoms with Crippen LogP contribution in [0.3, 0.4) is 0 Å². The molecule has 0 saturated heterocycles. The number of hydrogen-bond acceptors (Lipinski definition) is 7. The van der Waals surface area contributed by atoms with Gasteiger partial charge in [0, 0.05) is 6.42 Å². The van der Waals surface area contributed by atoms with Gasteiger partial charge in [0.2, 0.25) is 0 Å². The Morgan fingerprint density at radius 2 is 1.96 bits per heavy atom. The van der Waals surface area contributed by atoms with Crippen LogP contribution in [0.4, 0.5) is 11.5 Å². The number of carboxylic acids is 1. The van der Waals surface area contributed by atoms with Crippen LogP contribution < -0.4 is 5.73 Å². The van der Waals surface area contributed by atoms with E-state index in [-0.39, 0.29) is 17.1 Å². The van der Waals surface area contributed by atoms with Gasteiger partial charge in [-0.1, -0.05) is 0 Å². The van der Waals surface area contributed by atoms with Crippen molar-refractivity contribution in [2.24, 2.45) is 16.0 Å². The fourth-order valence-corrected chi connectivity index (χ4v) is 2.13. The van der Waals surface area contributed by atoms with Crippen molar-refractivity contribution in [2.45, 2.75) is 17.4 Å². The number of benzene rings is 1. The number of aliphatic carboxylic acids is 1. The molecular formula is C12H13N5O5S. The molecular weight excluding hydrogens is 326 g/mol. The third-order valence-electron chi connectivity index (χ3n) is 2.83. The van der Waals surface area contributed by atoms with Gasteiger partial charge in [0.15, 0.2) is 5.82 Å². The summed E-state index contributed by atoms with van der Waals surface area (Å²) >= 11 is 0. The molecule has 0 spiro atoms. The van der Waals surface area contributed by atoms with Crippen LogP contribution >= 0.6 is 0 Å². The molecule has 0 radical (unpaired) electrons. The van der Waals surface area contributed by atoms with Crippen molar-refractivity contribution in [3.8, 4) is 0 Å². The number of nitrogens with one attached hydrogen (secondary N) is 1. The van der Waals surface area contributed by atoms with Crippen LogP contribution in [0.15, 0.2) is 45.7 Å². The molecule has 0 amide bonds. The predicted molar refractivity (Wildman–Crippen MR) is 78.3 cm³/mol. The second kappa shape index (κ2) is 6.64. The van der Waals surface area contributed by atoms with Crippen molar-refractivity contribution in [1.82, 2.24) is 9.97 Å². The Labute approximate surface area is 130 Å². The molecule has 23 heavy (non-hydrogen) atoms. The largest absolute Gasteiger partial charge is 0.480 e. The number of aromatic nitrogens is 2. The predicted octanol–water partition coefficient (Wildman–Crippen LogP) is 1.03. The van der Waals surface area contributed by atoms with Crippen molar-refractivity contribution >= 4 is 27.6 Å². The molecule has 0 aliphatic rings.